The van der Waals surface area contributed by atoms with E-state index in [2.05, 4.69) is 15.4 Å². The van der Waals surface area contributed by atoms with Gasteiger partial charge < -0.3 is 10.1 Å². The number of hydrogen-bond acceptors (Lipinski definition) is 4. The van der Waals surface area contributed by atoms with E-state index in [1.54, 1.807) is 4.68 Å². The van der Waals surface area contributed by atoms with Crippen LogP contribution in [0.1, 0.15) is 35.3 Å². The maximum Gasteiger partial charge on any atom is 0.336 e. The van der Waals surface area contributed by atoms with Crippen molar-refractivity contribution in [2.24, 2.45) is 0 Å². The molecular weight excluding hydrogens is 400 g/mol. The largest absolute Gasteiger partial charge is 0.460 e. The Hall–Kier alpha value is -3.93. The van der Waals surface area contributed by atoms with Gasteiger partial charge in [-0.25, -0.2) is 4.68 Å². The number of carbonyl (C=O) groups is 1. The average Bonchev–Trinajstić information content (AvgIpc) is 3.17. The summed E-state index contributed by atoms with van der Waals surface area (Å²) >= 11 is 0. The molecule has 3 aromatic carbocycles. The van der Waals surface area contributed by atoms with Crippen molar-refractivity contribution in [1.29, 1.82) is 0 Å². The highest BCUT2D eigenvalue weighted by Crippen LogP contribution is 2.27. The van der Waals surface area contributed by atoms with Gasteiger partial charge in [0.2, 0.25) is 0 Å². The Bertz CT molecular complexity index is 1240. The average molecular weight is 427 g/mol. The van der Waals surface area contributed by atoms with E-state index in [0.29, 0.717) is 23.1 Å². The summed E-state index contributed by atoms with van der Waals surface area (Å²) in [7, 11) is 0. The molecule has 0 unspecified atom stereocenters. The molecule has 1 N–H and O–H groups in total. The van der Waals surface area contributed by atoms with Gasteiger partial charge in [0.1, 0.15) is 0 Å². The normalized spacial score (nSPS) is 10.9. The van der Waals surface area contributed by atoms with Crippen LogP contribution in [0.25, 0.3) is 17.1 Å². The monoisotopic (exact) mass is 426 g/mol. The minimum absolute atomic E-state index is 0.0456. The third-order valence-electron chi connectivity index (χ3n) is 4.98. The number of aromatic nitrogens is 3. The van der Waals surface area contributed by atoms with E-state index in [9.17, 15) is 4.79 Å². The van der Waals surface area contributed by atoms with Crippen molar-refractivity contribution < 1.29 is 9.53 Å². The predicted molar refractivity (Wildman–Crippen MR) is 126 cm³/mol. The van der Waals surface area contributed by atoms with E-state index in [-0.39, 0.29) is 12.0 Å². The first-order valence-electron chi connectivity index (χ1n) is 10.6. The molecule has 0 atom stereocenters. The molecule has 0 saturated heterocycles. The Kier molecular flexibility index (Phi) is 6.03. The van der Waals surface area contributed by atoms with E-state index < -0.39 is 0 Å². The smallest absolute Gasteiger partial charge is 0.336 e. The molecule has 0 aliphatic heterocycles. The molecule has 1 heterocycles. The van der Waals surface area contributed by atoms with Gasteiger partial charge in [-0.3, -0.25) is 4.79 Å². The fraction of sp³-hybridized carbons (Fsp3) is 0.192. The Morgan fingerprint density at radius 1 is 0.969 bits per heavy atom. The number of ether oxygens (including phenoxy) is 1. The Labute approximate surface area is 187 Å². The lowest BCUT2D eigenvalue weighted by molar-refractivity contribution is 0.102. The van der Waals surface area contributed by atoms with Gasteiger partial charge in [0.05, 0.1) is 11.8 Å². The molecule has 1 amide bonds. The molecule has 4 aromatic rings. The van der Waals surface area contributed by atoms with Crippen LogP contribution in [0.3, 0.4) is 0 Å². The lowest BCUT2D eigenvalue weighted by Crippen LogP contribution is -2.12. The number of nitrogens with zero attached hydrogens (tertiary/aromatic N) is 3. The molecule has 162 valence electrons. The van der Waals surface area contributed by atoms with Crippen LogP contribution in [0.4, 0.5) is 5.69 Å². The van der Waals surface area contributed by atoms with Gasteiger partial charge in [-0.05, 0) is 63.6 Å². The Morgan fingerprint density at radius 2 is 1.72 bits per heavy atom. The number of rotatable bonds is 6. The first kappa shape index (κ1) is 21.3. The standard InChI is InChI=1S/C26H26N4O2/c1-17(2)32-26-28-24(23-11-6-5-8-19(23)4)30(29-26)22-10-7-9-21(16-22)27-25(31)20-14-12-18(3)13-15-20/h5-17H,1-4H3,(H,27,31). The lowest BCUT2D eigenvalue weighted by Gasteiger charge is -2.10. The summed E-state index contributed by atoms with van der Waals surface area (Å²) in [5.41, 5.74) is 5.21. The number of nitrogens with one attached hydrogen (secondary N) is 1. The quantitative estimate of drug-likeness (QED) is 0.436. The number of aryl methyl sites for hydroxylation is 2. The van der Waals surface area contributed by atoms with E-state index in [1.165, 1.54) is 0 Å². The molecule has 0 spiro atoms. The van der Waals surface area contributed by atoms with Gasteiger partial charge >= 0.3 is 6.01 Å². The van der Waals surface area contributed by atoms with Crippen LogP contribution in [-0.4, -0.2) is 26.8 Å². The van der Waals surface area contributed by atoms with E-state index in [0.717, 1.165) is 22.4 Å². The van der Waals surface area contributed by atoms with Crippen molar-refractivity contribution in [2.75, 3.05) is 5.32 Å². The highest BCUT2D eigenvalue weighted by atomic mass is 16.5. The van der Waals surface area contributed by atoms with Gasteiger partial charge in [0.15, 0.2) is 5.82 Å². The number of anilines is 1. The first-order valence-corrected chi connectivity index (χ1v) is 10.6. The molecule has 0 fully saturated rings. The summed E-state index contributed by atoms with van der Waals surface area (Å²) in [6.45, 7) is 7.91. The van der Waals surface area contributed by atoms with Crippen molar-refractivity contribution in [2.45, 2.75) is 33.8 Å². The fourth-order valence-corrected chi connectivity index (χ4v) is 3.36. The highest BCUT2D eigenvalue weighted by Gasteiger charge is 2.17. The summed E-state index contributed by atoms with van der Waals surface area (Å²) < 4.78 is 7.52. The topological polar surface area (TPSA) is 69.0 Å². The van der Waals surface area contributed by atoms with Gasteiger partial charge in [-0.2, -0.15) is 4.98 Å². The zero-order valence-corrected chi connectivity index (χ0v) is 18.7. The van der Waals surface area contributed by atoms with Crippen LogP contribution >= 0.6 is 0 Å². The Balaban J connectivity index is 1.70. The van der Waals surface area contributed by atoms with E-state index in [4.69, 9.17) is 4.74 Å². The maximum atomic E-state index is 12.7. The summed E-state index contributed by atoms with van der Waals surface area (Å²) in [5.74, 6) is 0.518. The van der Waals surface area contributed by atoms with Crippen molar-refractivity contribution in [3.05, 3.63) is 89.5 Å². The maximum absolute atomic E-state index is 12.7. The van der Waals surface area contributed by atoms with Crippen molar-refractivity contribution in [1.82, 2.24) is 14.8 Å². The molecule has 6 heteroatoms. The number of hydrogen-bond donors (Lipinski definition) is 1. The molecule has 0 bridgehead atoms. The van der Waals surface area contributed by atoms with Crippen LogP contribution in [0.2, 0.25) is 0 Å². The second kappa shape index (κ2) is 9.06. The van der Waals surface area contributed by atoms with Crippen molar-refractivity contribution in [3.8, 4) is 23.1 Å². The van der Waals surface area contributed by atoms with Gasteiger partial charge in [-0.1, -0.05) is 48.0 Å². The lowest BCUT2D eigenvalue weighted by atomic mass is 10.1. The minimum atomic E-state index is -0.163. The summed E-state index contributed by atoms with van der Waals surface area (Å²) in [6.07, 6.45) is -0.0456. The molecule has 0 aliphatic carbocycles. The molecule has 4 rings (SSSR count). The van der Waals surface area contributed by atoms with E-state index in [1.807, 2.05) is 100 Å². The van der Waals surface area contributed by atoms with Crippen molar-refractivity contribution >= 4 is 11.6 Å². The third kappa shape index (κ3) is 4.70. The van der Waals surface area contributed by atoms with Crippen LogP contribution in [0.5, 0.6) is 6.01 Å². The van der Waals surface area contributed by atoms with Gasteiger partial charge in [0, 0.05) is 16.8 Å². The number of benzene rings is 3. The second-order valence-electron chi connectivity index (χ2n) is 7.98. The fourth-order valence-electron chi connectivity index (χ4n) is 3.36. The van der Waals surface area contributed by atoms with Crippen LogP contribution in [-0.2, 0) is 0 Å². The van der Waals surface area contributed by atoms with Crippen LogP contribution in [0, 0.1) is 13.8 Å². The third-order valence-corrected chi connectivity index (χ3v) is 4.98. The van der Waals surface area contributed by atoms with Gasteiger partial charge in [0.25, 0.3) is 5.91 Å². The predicted octanol–water partition coefficient (Wildman–Crippen LogP) is 5.59. The van der Waals surface area contributed by atoms with Gasteiger partial charge in [-0.15, -0.1) is 5.10 Å². The van der Waals surface area contributed by atoms with E-state index >= 15 is 0 Å². The molecule has 32 heavy (non-hydrogen) atoms. The Morgan fingerprint density at radius 3 is 2.44 bits per heavy atom. The molecule has 0 radical (unpaired) electrons. The number of amides is 1. The number of carbonyl (C=O) groups excluding carboxylic acids is 1. The minimum Gasteiger partial charge on any atom is -0.460 e. The summed E-state index contributed by atoms with van der Waals surface area (Å²) in [6, 6.07) is 23.3. The summed E-state index contributed by atoms with van der Waals surface area (Å²) in [5, 5.41) is 7.56. The second-order valence-corrected chi connectivity index (χ2v) is 7.98. The molecule has 0 saturated carbocycles. The zero-order valence-electron chi connectivity index (χ0n) is 18.7. The molecule has 1 aromatic heterocycles. The first-order chi connectivity index (χ1) is 15.4. The SMILES string of the molecule is Cc1ccc(C(=O)Nc2cccc(-n3nc(OC(C)C)nc3-c3ccccc3C)c2)cc1. The van der Waals surface area contributed by atoms with Crippen molar-refractivity contribution in [3.63, 3.8) is 0 Å². The van der Waals surface area contributed by atoms with Crippen LogP contribution < -0.4 is 10.1 Å². The molecule has 0 aliphatic rings. The van der Waals surface area contributed by atoms with Crippen LogP contribution in [0.15, 0.2) is 72.8 Å². The molecule has 6 nitrogen and oxygen atoms in total. The zero-order chi connectivity index (χ0) is 22.7. The summed E-state index contributed by atoms with van der Waals surface area (Å²) in [4.78, 5) is 17.3. The molecular formula is C26H26N4O2. The highest BCUT2D eigenvalue weighted by molar-refractivity contribution is 6.04.